The van der Waals surface area contributed by atoms with Gasteiger partial charge >= 0.3 is 6.18 Å². The summed E-state index contributed by atoms with van der Waals surface area (Å²) in [6, 6.07) is 6.82. The van der Waals surface area contributed by atoms with E-state index in [1.54, 1.807) is 13.8 Å². The van der Waals surface area contributed by atoms with Crippen LogP contribution >= 0.6 is 11.3 Å². The number of nitrogens with one attached hydrogen (secondary N) is 1. The number of aromatic nitrogens is 3. The van der Waals surface area contributed by atoms with Gasteiger partial charge in [-0.05, 0) is 25.3 Å². The molecule has 1 aromatic carbocycles. The van der Waals surface area contributed by atoms with Crippen LogP contribution in [0.2, 0.25) is 0 Å². The van der Waals surface area contributed by atoms with Crippen molar-refractivity contribution in [3.8, 4) is 10.4 Å². The number of carbonyl (C=O) groups is 1. The molecule has 2 aromatic heterocycles. The molecule has 12 heteroatoms. The standard InChI is InChI=1S/C24H24F5N5OS/c1-13-5-4-6-16(7-13)20-19(33-15(3)36-20)21(35)34-12-23(25,26)8-14(2)18(34)11-32-22-30-9-17(10-31-22)24(27,28)29/h4-7,9-10,14,18H,8,11-12H2,1-3H3,(H,30,31,32)/t14-,18?/m1/s1. The van der Waals surface area contributed by atoms with Gasteiger partial charge in [0.05, 0.1) is 28.0 Å². The van der Waals surface area contributed by atoms with Crippen molar-refractivity contribution >= 4 is 23.2 Å². The van der Waals surface area contributed by atoms with Crippen LogP contribution < -0.4 is 5.32 Å². The number of nitrogens with zero attached hydrogens (tertiary/aromatic N) is 4. The zero-order chi connectivity index (χ0) is 26.3. The predicted molar refractivity (Wildman–Crippen MR) is 126 cm³/mol. The number of hydrogen-bond donors (Lipinski definition) is 1. The van der Waals surface area contributed by atoms with Gasteiger partial charge < -0.3 is 10.2 Å². The van der Waals surface area contributed by atoms with Crippen molar-refractivity contribution in [1.82, 2.24) is 19.9 Å². The smallest absolute Gasteiger partial charge is 0.352 e. The number of amides is 1. The van der Waals surface area contributed by atoms with E-state index >= 15 is 0 Å². The molecule has 0 spiro atoms. The Labute approximate surface area is 208 Å². The van der Waals surface area contributed by atoms with Crippen LogP contribution in [0.4, 0.5) is 27.9 Å². The zero-order valence-electron chi connectivity index (χ0n) is 19.7. The molecule has 0 bridgehead atoms. The average molecular weight is 526 g/mol. The van der Waals surface area contributed by atoms with Crippen molar-refractivity contribution in [2.75, 3.05) is 18.4 Å². The lowest BCUT2D eigenvalue weighted by molar-refractivity contribution is -0.138. The largest absolute Gasteiger partial charge is 0.419 e. The minimum Gasteiger partial charge on any atom is -0.352 e. The van der Waals surface area contributed by atoms with E-state index in [-0.39, 0.29) is 18.2 Å². The van der Waals surface area contributed by atoms with Gasteiger partial charge in [-0.25, -0.2) is 23.7 Å². The maximum absolute atomic E-state index is 14.6. The Balaban J connectivity index is 1.61. The quantitative estimate of drug-likeness (QED) is 0.424. The second-order valence-corrected chi connectivity index (χ2v) is 10.2. The van der Waals surface area contributed by atoms with Crippen LogP contribution in [0.1, 0.15) is 40.0 Å². The summed E-state index contributed by atoms with van der Waals surface area (Å²) in [6.45, 7) is 4.46. The van der Waals surface area contributed by atoms with Crippen molar-refractivity contribution in [2.24, 2.45) is 5.92 Å². The van der Waals surface area contributed by atoms with Gasteiger partial charge in [-0.3, -0.25) is 4.79 Å². The highest BCUT2D eigenvalue weighted by atomic mass is 32.1. The van der Waals surface area contributed by atoms with Gasteiger partial charge in [-0.1, -0.05) is 36.8 Å². The molecular weight excluding hydrogens is 501 g/mol. The van der Waals surface area contributed by atoms with Crippen LogP contribution in [0.15, 0.2) is 36.7 Å². The van der Waals surface area contributed by atoms with Crippen LogP contribution in [0.5, 0.6) is 0 Å². The van der Waals surface area contributed by atoms with Crippen LogP contribution in [0, 0.1) is 19.8 Å². The molecule has 1 fully saturated rings. The summed E-state index contributed by atoms with van der Waals surface area (Å²) in [7, 11) is 0. The maximum Gasteiger partial charge on any atom is 0.419 e. The van der Waals surface area contributed by atoms with Gasteiger partial charge in [-0.2, -0.15) is 13.2 Å². The third-order valence-corrected chi connectivity index (χ3v) is 7.03. The molecular formula is C24H24F5N5OS. The number of likely N-dealkylation sites (tertiary alicyclic amines) is 1. The Hall–Kier alpha value is -3.15. The molecule has 4 rings (SSSR count). The summed E-state index contributed by atoms with van der Waals surface area (Å²) in [6.07, 6.45) is -3.73. The van der Waals surface area contributed by atoms with E-state index in [1.807, 2.05) is 31.2 Å². The van der Waals surface area contributed by atoms with Gasteiger partial charge in [0.25, 0.3) is 11.8 Å². The third kappa shape index (κ3) is 5.63. The number of alkyl halides is 5. The molecule has 1 N–H and O–H groups in total. The number of rotatable bonds is 5. The van der Waals surface area contributed by atoms with Gasteiger partial charge in [0.2, 0.25) is 5.95 Å². The number of halogens is 5. The van der Waals surface area contributed by atoms with E-state index in [4.69, 9.17) is 0 Å². The lowest BCUT2D eigenvalue weighted by atomic mass is 9.88. The zero-order valence-corrected chi connectivity index (χ0v) is 20.6. The fourth-order valence-electron chi connectivity index (χ4n) is 4.33. The molecule has 0 aliphatic carbocycles. The maximum atomic E-state index is 14.6. The Kier molecular flexibility index (Phi) is 7.00. The van der Waals surface area contributed by atoms with Crippen molar-refractivity contribution in [3.63, 3.8) is 0 Å². The van der Waals surface area contributed by atoms with Crippen molar-refractivity contribution < 1.29 is 26.7 Å². The lowest BCUT2D eigenvalue weighted by Crippen LogP contribution is -2.57. The molecule has 0 radical (unpaired) electrons. The monoisotopic (exact) mass is 525 g/mol. The number of hydrogen-bond acceptors (Lipinski definition) is 6. The molecule has 1 saturated heterocycles. The van der Waals surface area contributed by atoms with Crippen molar-refractivity contribution in [1.29, 1.82) is 0 Å². The van der Waals surface area contributed by atoms with Gasteiger partial charge in [0.1, 0.15) is 5.69 Å². The first kappa shape index (κ1) is 25.9. The summed E-state index contributed by atoms with van der Waals surface area (Å²) in [5.74, 6) is -4.42. The first-order valence-electron chi connectivity index (χ1n) is 11.2. The molecule has 3 heterocycles. The summed E-state index contributed by atoms with van der Waals surface area (Å²) in [4.78, 5) is 27.1. The van der Waals surface area contributed by atoms with E-state index in [1.165, 1.54) is 11.3 Å². The number of carbonyl (C=O) groups excluding carboxylic acids is 1. The molecule has 192 valence electrons. The molecule has 1 aliphatic heterocycles. The Bertz CT molecular complexity index is 1240. The molecule has 0 saturated carbocycles. The highest BCUT2D eigenvalue weighted by Crippen LogP contribution is 2.38. The lowest BCUT2D eigenvalue weighted by Gasteiger charge is -2.43. The fraction of sp³-hybridized carbons (Fsp3) is 0.417. The van der Waals surface area contributed by atoms with Gasteiger partial charge in [0, 0.05) is 25.4 Å². The predicted octanol–water partition coefficient (Wildman–Crippen LogP) is 5.83. The molecule has 2 atom stereocenters. The van der Waals surface area contributed by atoms with Crippen LogP contribution in [-0.2, 0) is 6.18 Å². The van der Waals surface area contributed by atoms with Crippen LogP contribution in [0.3, 0.4) is 0 Å². The minimum atomic E-state index is -4.58. The van der Waals surface area contributed by atoms with Crippen LogP contribution in [0.25, 0.3) is 10.4 Å². The number of benzene rings is 1. The fourth-order valence-corrected chi connectivity index (χ4v) is 5.24. The van der Waals surface area contributed by atoms with Crippen molar-refractivity contribution in [2.45, 2.75) is 45.3 Å². The van der Waals surface area contributed by atoms with E-state index < -0.39 is 48.5 Å². The molecule has 1 amide bonds. The first-order valence-corrected chi connectivity index (χ1v) is 12.0. The van der Waals surface area contributed by atoms with E-state index in [2.05, 4.69) is 20.3 Å². The molecule has 36 heavy (non-hydrogen) atoms. The van der Waals surface area contributed by atoms with Gasteiger partial charge in [-0.15, -0.1) is 11.3 Å². The highest BCUT2D eigenvalue weighted by molar-refractivity contribution is 7.15. The summed E-state index contributed by atoms with van der Waals surface area (Å²) >= 11 is 1.31. The van der Waals surface area contributed by atoms with E-state index in [0.29, 0.717) is 22.3 Å². The van der Waals surface area contributed by atoms with Gasteiger partial charge in [0.15, 0.2) is 0 Å². The number of thiazole rings is 1. The molecule has 3 aromatic rings. The van der Waals surface area contributed by atoms with Crippen LogP contribution in [-0.4, -0.2) is 50.8 Å². The topological polar surface area (TPSA) is 71.0 Å². The first-order chi connectivity index (χ1) is 16.8. The summed E-state index contributed by atoms with van der Waals surface area (Å²) in [5.41, 5.74) is 0.851. The van der Waals surface area contributed by atoms with E-state index in [0.717, 1.165) is 16.0 Å². The highest BCUT2D eigenvalue weighted by Gasteiger charge is 2.47. The summed E-state index contributed by atoms with van der Waals surface area (Å²) in [5, 5.41) is 3.42. The normalized spacial score (nSPS) is 19.8. The molecule has 1 aliphatic rings. The Morgan fingerprint density at radius 1 is 1.22 bits per heavy atom. The Morgan fingerprint density at radius 2 is 1.92 bits per heavy atom. The average Bonchev–Trinajstić information content (AvgIpc) is 3.18. The number of piperidine rings is 1. The third-order valence-electron chi connectivity index (χ3n) is 6.01. The molecule has 6 nitrogen and oxygen atoms in total. The second-order valence-electron chi connectivity index (χ2n) is 8.99. The number of anilines is 1. The van der Waals surface area contributed by atoms with Crippen molar-refractivity contribution in [3.05, 3.63) is 58.5 Å². The summed E-state index contributed by atoms with van der Waals surface area (Å²) < 4.78 is 67.5. The SMILES string of the molecule is Cc1cccc(-c2sc(C)nc2C(=O)N2CC(F)(F)C[C@@H](C)C2CNc2ncc(C(F)(F)F)cn2)c1. The number of aryl methyl sites for hydroxylation is 2. The van der Waals surface area contributed by atoms with E-state index in [9.17, 15) is 26.7 Å². The Morgan fingerprint density at radius 3 is 2.56 bits per heavy atom. The molecule has 1 unspecified atom stereocenters. The second kappa shape index (κ2) is 9.72. The minimum absolute atomic E-state index is 0.0166.